The molecule has 393 valence electrons. The van der Waals surface area contributed by atoms with Crippen molar-refractivity contribution in [1.82, 2.24) is 29.9 Å². The maximum atomic E-state index is 5.41. The second-order valence-electron chi connectivity index (χ2n) is 21.5. The largest absolute Gasteiger partial charge is 0.255 e. The van der Waals surface area contributed by atoms with Crippen molar-refractivity contribution in [2.75, 3.05) is 0 Å². The Morgan fingerprint density at radius 2 is 0.713 bits per heavy atom. The average Bonchev–Trinajstić information content (AvgIpc) is 2.65. The fourth-order valence-electron chi connectivity index (χ4n) is 12.0. The van der Waals surface area contributed by atoms with Crippen LogP contribution in [0.4, 0.5) is 0 Å². The zero-order valence-corrected chi connectivity index (χ0v) is 50.0. The molecule has 1 radical (unpaired) electrons. The lowest BCUT2D eigenvalue weighted by molar-refractivity contribution is 1.22. The summed E-state index contributed by atoms with van der Waals surface area (Å²) in [7, 11) is -0.0919. The van der Waals surface area contributed by atoms with E-state index < -0.39 is 8.07 Å². The van der Waals surface area contributed by atoms with Crippen LogP contribution in [0.5, 0.6) is 0 Å². The molecule has 0 saturated carbocycles. The highest BCUT2D eigenvalue weighted by molar-refractivity contribution is 7.55. The Balaban J connectivity index is 0.000000195. The number of aromatic nitrogens is 6. The van der Waals surface area contributed by atoms with Gasteiger partial charge in [-0.3, -0.25) is 19.9 Å². The highest BCUT2D eigenvalue weighted by atomic mass is 31.0. The number of pyridine rings is 6. The Morgan fingerprint density at radius 3 is 1.06 bits per heavy atom. The van der Waals surface area contributed by atoms with Gasteiger partial charge in [0.2, 0.25) is 0 Å². The molecule has 0 aliphatic carbocycles. The fraction of sp³-hybridized carbons (Fsp3) is 0.155. The molecule has 9 heteroatoms. The minimum Gasteiger partial charge on any atom is -0.255 e. The van der Waals surface area contributed by atoms with Gasteiger partial charge in [-0.1, -0.05) is 152 Å². The van der Waals surface area contributed by atoms with E-state index in [4.69, 9.17) is 19.9 Å². The number of rotatable bonds is 8. The monoisotopic (exact) mass is 1070 g/mol. The normalized spacial score (nSPS) is 12.8. The number of fused-ring (bicyclic) bond motifs is 3. The van der Waals surface area contributed by atoms with Gasteiger partial charge in [0.05, 0.1) is 45.2 Å². The molecule has 5 aromatic carbocycles. The van der Waals surface area contributed by atoms with Crippen molar-refractivity contribution >= 4 is 67.5 Å². The van der Waals surface area contributed by atoms with Gasteiger partial charge in [-0.05, 0) is 193 Å². The summed E-state index contributed by atoms with van der Waals surface area (Å²) in [5.41, 5.74) is 27.0. The maximum Gasteiger partial charge on any atom is 0.134 e. The first kappa shape index (κ1) is 55.0. The summed E-state index contributed by atoms with van der Waals surface area (Å²) in [4.78, 5) is 30.0. The summed E-state index contributed by atoms with van der Waals surface area (Å²) in [6, 6.07) is 63.8. The quantitative estimate of drug-likeness (QED) is 0.0857. The number of hydrogen-bond donors (Lipinski definition) is 0. The molecular weight excluding hydrogens is 1010 g/mol. The van der Waals surface area contributed by atoms with Crippen molar-refractivity contribution in [3.63, 3.8) is 0 Å². The molecule has 7 heterocycles. The molecule has 0 amide bonds. The summed E-state index contributed by atoms with van der Waals surface area (Å²) < 4.78 is 0. The topological polar surface area (TPSA) is 77.3 Å². The van der Waals surface area contributed by atoms with Crippen LogP contribution in [0.1, 0.15) is 67.3 Å². The number of benzene rings is 5. The third-order valence-electron chi connectivity index (χ3n) is 14.9. The Kier molecular flexibility index (Phi) is 16.2. The highest BCUT2D eigenvalue weighted by Crippen LogP contribution is 2.57. The van der Waals surface area contributed by atoms with Crippen molar-refractivity contribution in [3.8, 4) is 45.0 Å². The molecule has 0 N–H and O–H groups in total. The predicted octanol–water partition coefficient (Wildman–Crippen LogP) is 18.0. The van der Waals surface area contributed by atoms with Gasteiger partial charge in [-0.2, -0.15) is 9.12 Å². The maximum absolute atomic E-state index is 5.41. The van der Waals surface area contributed by atoms with E-state index in [2.05, 4.69) is 221 Å². The summed E-state index contributed by atoms with van der Waals surface area (Å²) in [6.45, 7) is 26.4. The number of allylic oxidation sites excluding steroid dienone is 2. The lowest BCUT2D eigenvalue weighted by Crippen LogP contribution is -2.29. The molecular formula is C71H67BN6PSi. The van der Waals surface area contributed by atoms with Gasteiger partial charge in [0.1, 0.15) is 15.1 Å². The predicted molar refractivity (Wildman–Crippen MR) is 346 cm³/mol. The molecule has 1 aliphatic rings. The molecule has 12 rings (SSSR count). The molecule has 0 fully saturated rings. The third kappa shape index (κ3) is 11.0. The second kappa shape index (κ2) is 23.6. The summed E-state index contributed by atoms with van der Waals surface area (Å²) in [5.74, 6) is 0. The van der Waals surface area contributed by atoms with Crippen LogP contribution in [0.3, 0.4) is 0 Å². The summed E-state index contributed by atoms with van der Waals surface area (Å²) in [5, 5.41) is 4.94. The number of nitrogens with zero attached hydrogens (tertiary/aromatic N) is 6. The molecule has 1 unspecified atom stereocenters. The van der Waals surface area contributed by atoms with E-state index in [0.717, 1.165) is 67.4 Å². The van der Waals surface area contributed by atoms with Gasteiger partial charge in [-0.25, -0.2) is 9.97 Å². The van der Waals surface area contributed by atoms with Crippen LogP contribution in [0, 0.1) is 55.4 Å². The molecule has 6 aromatic heterocycles. The van der Waals surface area contributed by atoms with E-state index in [1.165, 1.54) is 88.3 Å². The molecule has 11 aromatic rings. The Bertz CT molecular complexity index is 3850. The average molecular weight is 1070 g/mol. The molecule has 80 heavy (non-hydrogen) atoms. The van der Waals surface area contributed by atoms with Crippen LogP contribution in [-0.2, 0) is 0 Å². The van der Waals surface area contributed by atoms with Crippen LogP contribution in [0.25, 0.3) is 88.4 Å². The van der Waals surface area contributed by atoms with Crippen LogP contribution < -0.4 is 0 Å². The first-order chi connectivity index (χ1) is 38.7. The van der Waals surface area contributed by atoms with Crippen LogP contribution in [-0.4, -0.2) is 45.0 Å². The molecule has 1 aliphatic heterocycles. The lowest BCUT2D eigenvalue weighted by Gasteiger charge is -2.26. The Labute approximate surface area is 476 Å². The van der Waals surface area contributed by atoms with Crippen molar-refractivity contribution in [3.05, 3.63) is 262 Å². The van der Waals surface area contributed by atoms with Gasteiger partial charge in [0, 0.05) is 34.6 Å². The minimum atomic E-state index is -2.55. The molecule has 6 nitrogen and oxygen atoms in total. The van der Waals surface area contributed by atoms with Crippen molar-refractivity contribution in [1.29, 1.82) is 0 Å². The van der Waals surface area contributed by atoms with Gasteiger partial charge in [0.15, 0.2) is 0 Å². The first-order valence-electron chi connectivity index (χ1n) is 27.4. The van der Waals surface area contributed by atoms with E-state index in [0.29, 0.717) is 0 Å². The van der Waals surface area contributed by atoms with Crippen molar-refractivity contribution in [2.24, 2.45) is 0 Å². The van der Waals surface area contributed by atoms with Crippen LogP contribution in [0.2, 0.25) is 19.9 Å². The van der Waals surface area contributed by atoms with Gasteiger partial charge in [0.25, 0.3) is 0 Å². The van der Waals surface area contributed by atoms with Gasteiger partial charge in [-0.15, -0.1) is 0 Å². The Morgan fingerprint density at radius 1 is 0.375 bits per heavy atom. The molecule has 0 saturated heterocycles. The molecule has 1 atom stereocenters. The zero-order valence-electron chi connectivity index (χ0n) is 47.8. The summed E-state index contributed by atoms with van der Waals surface area (Å²) in [6.07, 6.45) is 3.67. The van der Waals surface area contributed by atoms with Crippen LogP contribution >= 0.6 is 9.12 Å². The number of hydrogen-bond acceptors (Lipinski definition) is 6. The van der Waals surface area contributed by atoms with E-state index in [9.17, 15) is 0 Å². The van der Waals surface area contributed by atoms with E-state index in [1.54, 1.807) is 0 Å². The van der Waals surface area contributed by atoms with Gasteiger partial charge < -0.3 is 0 Å². The highest BCUT2D eigenvalue weighted by Gasteiger charge is 2.46. The third-order valence-corrected chi connectivity index (χ3v) is 18.4. The van der Waals surface area contributed by atoms with Gasteiger partial charge >= 0.3 is 0 Å². The first-order valence-corrected chi connectivity index (χ1v) is 31.1. The standard InChI is InChI=1S/C44H42N4Si.C26H20N2.CH5BP/c1-27-23-29(3)39(30(4)24-27)41-42(40-31(5)25-28(2)26-32(40)6)44(38-20-14-18-36(48-38)34-16-10-12-22-46-34)49(7,8)43(41)37-19-13-17-35(47-37)33-15-9-11-21-45-33;1-17-15-23(19-9-5-3-6-10-19)21-13-14-22-24(20-11-7-4-8-12-20)16-18(2)28-26(22)25(21)27-17;1-2-3/h9-26H,1-8H3;3-16H,1-2H3;3H2,1H3. The summed E-state index contributed by atoms with van der Waals surface area (Å²) >= 11 is 0. The SMILES string of the molecule is C[B]P.Cc1cc(-c2ccccc2)c2ccc3c(-c4ccccc4)cc(C)nc3c2n1.Cc1cc(C)c(C2=C(c3cccc(-c4ccccn4)n3)[Si](C)(C)C(c3cccc(-c4ccccn4)n3)=C2c2c(C)cc(C)cc2C)c(C)c1. The van der Waals surface area contributed by atoms with E-state index in [1.807, 2.05) is 74.7 Å². The second-order valence-corrected chi connectivity index (χ2v) is 26.4. The van der Waals surface area contributed by atoms with E-state index in [-0.39, 0.29) is 0 Å². The lowest BCUT2D eigenvalue weighted by atomic mass is 9.82. The van der Waals surface area contributed by atoms with E-state index >= 15 is 0 Å². The van der Waals surface area contributed by atoms with Crippen molar-refractivity contribution < 1.29 is 0 Å². The fourth-order valence-corrected chi connectivity index (χ4v) is 15.5. The molecule has 0 spiro atoms. The zero-order chi connectivity index (χ0) is 56.2. The van der Waals surface area contributed by atoms with Crippen molar-refractivity contribution in [2.45, 2.75) is 75.3 Å². The molecule has 0 bridgehead atoms. The smallest absolute Gasteiger partial charge is 0.134 e. The Hall–Kier alpha value is -8.29. The van der Waals surface area contributed by atoms with Crippen LogP contribution in [0.15, 0.2) is 194 Å². The minimum absolute atomic E-state index is 0.870. The number of aryl methyl sites for hydroxylation is 8.